The van der Waals surface area contributed by atoms with E-state index in [1.807, 2.05) is 13.8 Å². The molecule has 0 unspecified atom stereocenters. The third kappa shape index (κ3) is 7.02. The van der Waals surface area contributed by atoms with Crippen LogP contribution < -0.4 is 0 Å². The van der Waals surface area contributed by atoms with E-state index in [0.717, 1.165) is 0 Å². The highest BCUT2D eigenvalue weighted by Gasteiger charge is 2.16. The molecule has 90 valence electrons. The molecule has 0 radical (unpaired) electrons. The van der Waals surface area contributed by atoms with E-state index in [1.165, 1.54) is 0 Å². The monoisotopic (exact) mass is 226 g/mol. The van der Waals surface area contributed by atoms with Crippen LogP contribution in [0.1, 0.15) is 33.6 Å². The Morgan fingerprint density at radius 2 is 2.00 bits per heavy atom. The number of hydrogen-bond donors (Lipinski definition) is 1. The summed E-state index contributed by atoms with van der Waals surface area (Å²) < 4.78 is 5.17. The molecule has 0 saturated carbocycles. The number of ether oxygens (including phenoxy) is 1. The number of hydrogen-bond acceptors (Lipinski definition) is 3. The first kappa shape index (κ1) is 14.7. The standard InChI is InChI=1S/C12H18O4/c1-4-10(13)6-5-7-11(12(14)15)16-8-9(2)3/h9,11H,4,7-8H2,1-3H3,(H,14,15)/t11-/m1/s1. The number of Topliss-reactive ketones (excluding diaryl/α,β-unsaturated/α-hetero) is 1. The molecular weight excluding hydrogens is 208 g/mol. The van der Waals surface area contributed by atoms with Gasteiger partial charge in [0.05, 0.1) is 6.61 Å². The van der Waals surface area contributed by atoms with E-state index in [4.69, 9.17) is 9.84 Å². The van der Waals surface area contributed by atoms with Crippen molar-refractivity contribution >= 4 is 11.8 Å². The molecule has 0 aromatic heterocycles. The maximum absolute atomic E-state index is 10.9. The lowest BCUT2D eigenvalue weighted by Gasteiger charge is -2.12. The van der Waals surface area contributed by atoms with Gasteiger partial charge in [0.25, 0.3) is 0 Å². The minimum atomic E-state index is -1.04. The van der Waals surface area contributed by atoms with E-state index < -0.39 is 12.1 Å². The Hall–Kier alpha value is -1.34. The smallest absolute Gasteiger partial charge is 0.333 e. The van der Waals surface area contributed by atoms with Crippen LogP contribution in [0.2, 0.25) is 0 Å². The third-order valence-electron chi connectivity index (χ3n) is 1.74. The average molecular weight is 226 g/mol. The van der Waals surface area contributed by atoms with Crippen LogP contribution in [-0.4, -0.2) is 29.6 Å². The van der Waals surface area contributed by atoms with Crippen LogP contribution in [0, 0.1) is 17.8 Å². The molecule has 1 N–H and O–H groups in total. The van der Waals surface area contributed by atoms with Crippen molar-refractivity contribution < 1.29 is 19.4 Å². The molecule has 0 saturated heterocycles. The van der Waals surface area contributed by atoms with Gasteiger partial charge < -0.3 is 9.84 Å². The lowest BCUT2D eigenvalue weighted by Crippen LogP contribution is -2.25. The van der Waals surface area contributed by atoms with Crippen molar-refractivity contribution in [2.24, 2.45) is 5.92 Å². The molecule has 0 spiro atoms. The van der Waals surface area contributed by atoms with Crippen LogP contribution in [0.5, 0.6) is 0 Å². The Bertz CT molecular complexity index is 296. The molecule has 16 heavy (non-hydrogen) atoms. The number of rotatable bonds is 6. The van der Waals surface area contributed by atoms with Gasteiger partial charge in [0.1, 0.15) is 0 Å². The lowest BCUT2D eigenvalue weighted by atomic mass is 10.2. The predicted molar refractivity (Wildman–Crippen MR) is 59.9 cm³/mol. The SMILES string of the molecule is CCC(=O)C#CC[C@@H](OCC(C)C)C(=O)O. The van der Waals surface area contributed by atoms with E-state index in [9.17, 15) is 9.59 Å². The molecule has 0 aromatic rings. The number of carbonyl (C=O) groups excluding carboxylic acids is 1. The zero-order chi connectivity index (χ0) is 12.6. The molecular formula is C12H18O4. The van der Waals surface area contributed by atoms with Crippen LogP contribution in [-0.2, 0) is 14.3 Å². The number of carboxylic acid groups (broad SMARTS) is 1. The molecule has 1 atom stereocenters. The second kappa shape index (κ2) is 7.89. The number of ketones is 1. The molecule has 0 heterocycles. The van der Waals surface area contributed by atoms with Gasteiger partial charge in [0, 0.05) is 12.8 Å². The van der Waals surface area contributed by atoms with Gasteiger partial charge in [0.2, 0.25) is 5.78 Å². The maximum atomic E-state index is 10.9. The van der Waals surface area contributed by atoms with Crippen LogP contribution in [0.25, 0.3) is 0 Å². The Kier molecular flexibility index (Phi) is 7.23. The molecule has 0 rings (SSSR count). The lowest BCUT2D eigenvalue weighted by molar-refractivity contribution is -0.150. The highest BCUT2D eigenvalue weighted by molar-refractivity contribution is 5.95. The molecule has 4 nitrogen and oxygen atoms in total. The maximum Gasteiger partial charge on any atom is 0.333 e. The van der Waals surface area contributed by atoms with Gasteiger partial charge in [-0.1, -0.05) is 26.7 Å². The zero-order valence-corrected chi connectivity index (χ0v) is 9.95. The fraction of sp³-hybridized carbons (Fsp3) is 0.667. The summed E-state index contributed by atoms with van der Waals surface area (Å²) in [5, 5.41) is 8.83. The summed E-state index contributed by atoms with van der Waals surface area (Å²) in [5.74, 6) is 3.95. The van der Waals surface area contributed by atoms with Crippen LogP contribution >= 0.6 is 0 Å². The predicted octanol–water partition coefficient (Wildman–Crippen LogP) is 1.48. The van der Waals surface area contributed by atoms with E-state index >= 15 is 0 Å². The van der Waals surface area contributed by atoms with Crippen LogP contribution in [0.4, 0.5) is 0 Å². The second-order valence-corrected chi connectivity index (χ2v) is 3.84. The van der Waals surface area contributed by atoms with Crippen molar-refractivity contribution in [2.45, 2.75) is 39.7 Å². The summed E-state index contributed by atoms with van der Waals surface area (Å²) in [4.78, 5) is 21.6. The summed E-state index contributed by atoms with van der Waals surface area (Å²) in [6.45, 7) is 5.96. The Morgan fingerprint density at radius 3 is 2.44 bits per heavy atom. The highest BCUT2D eigenvalue weighted by Crippen LogP contribution is 2.02. The molecule has 0 fully saturated rings. The summed E-state index contributed by atoms with van der Waals surface area (Å²) in [7, 11) is 0. The van der Waals surface area contributed by atoms with Gasteiger partial charge in [0.15, 0.2) is 6.10 Å². The van der Waals surface area contributed by atoms with Crippen molar-refractivity contribution in [3.05, 3.63) is 0 Å². The van der Waals surface area contributed by atoms with Gasteiger partial charge in [-0.25, -0.2) is 4.79 Å². The quantitative estimate of drug-likeness (QED) is 0.550. The van der Waals surface area contributed by atoms with E-state index in [0.29, 0.717) is 13.0 Å². The van der Waals surface area contributed by atoms with Gasteiger partial charge in [-0.2, -0.15) is 0 Å². The summed E-state index contributed by atoms with van der Waals surface area (Å²) in [6.07, 6.45) is -0.551. The van der Waals surface area contributed by atoms with Crippen molar-refractivity contribution in [3.8, 4) is 11.8 Å². The van der Waals surface area contributed by atoms with E-state index in [2.05, 4.69) is 11.8 Å². The molecule has 0 aromatic carbocycles. The largest absolute Gasteiger partial charge is 0.479 e. The van der Waals surface area contributed by atoms with Crippen LogP contribution in [0.15, 0.2) is 0 Å². The second-order valence-electron chi connectivity index (χ2n) is 3.84. The number of carboxylic acids is 1. The van der Waals surface area contributed by atoms with Gasteiger partial charge in [-0.3, -0.25) is 4.79 Å². The van der Waals surface area contributed by atoms with E-state index in [1.54, 1.807) is 6.92 Å². The summed E-state index contributed by atoms with van der Waals surface area (Å²) >= 11 is 0. The first-order valence-corrected chi connectivity index (χ1v) is 5.33. The van der Waals surface area contributed by atoms with Crippen molar-refractivity contribution in [1.29, 1.82) is 0 Å². The first-order valence-electron chi connectivity index (χ1n) is 5.33. The Balaban J connectivity index is 4.17. The first-order chi connectivity index (χ1) is 7.47. The van der Waals surface area contributed by atoms with Gasteiger partial charge >= 0.3 is 5.97 Å². The van der Waals surface area contributed by atoms with Gasteiger partial charge in [-0.15, -0.1) is 0 Å². The van der Waals surface area contributed by atoms with Crippen molar-refractivity contribution in [1.82, 2.24) is 0 Å². The Labute approximate surface area is 96.0 Å². The third-order valence-corrected chi connectivity index (χ3v) is 1.74. The molecule has 0 amide bonds. The fourth-order valence-electron chi connectivity index (χ4n) is 0.857. The van der Waals surface area contributed by atoms with Crippen molar-refractivity contribution in [3.63, 3.8) is 0 Å². The summed E-state index contributed by atoms with van der Waals surface area (Å²) in [5.41, 5.74) is 0. The average Bonchev–Trinajstić information content (AvgIpc) is 2.21. The Morgan fingerprint density at radius 1 is 1.38 bits per heavy atom. The normalized spacial score (nSPS) is 11.8. The highest BCUT2D eigenvalue weighted by atomic mass is 16.5. The molecule has 0 aliphatic carbocycles. The van der Waals surface area contributed by atoms with Gasteiger partial charge in [-0.05, 0) is 11.8 Å². The van der Waals surface area contributed by atoms with Crippen LogP contribution in [0.3, 0.4) is 0 Å². The number of carbonyl (C=O) groups is 2. The molecule has 0 aliphatic rings. The molecule has 0 aliphatic heterocycles. The summed E-state index contributed by atoms with van der Waals surface area (Å²) in [6, 6.07) is 0. The topological polar surface area (TPSA) is 63.6 Å². The minimum Gasteiger partial charge on any atom is -0.479 e. The van der Waals surface area contributed by atoms with Crippen molar-refractivity contribution in [2.75, 3.05) is 6.61 Å². The fourth-order valence-corrected chi connectivity index (χ4v) is 0.857. The minimum absolute atomic E-state index is 0.0494. The van der Waals surface area contributed by atoms with E-state index in [-0.39, 0.29) is 18.1 Å². The molecule has 4 heteroatoms. The molecule has 0 bridgehead atoms. The number of aliphatic carboxylic acids is 1. The zero-order valence-electron chi connectivity index (χ0n) is 9.95.